The second-order valence-electron chi connectivity index (χ2n) is 4.57. The Morgan fingerprint density at radius 1 is 1.32 bits per heavy atom. The molecule has 1 saturated heterocycles. The molecule has 1 heterocycles. The number of carboxylic acid groups (broad SMARTS) is 1. The molecule has 0 saturated carbocycles. The predicted molar refractivity (Wildman–Crippen MR) is 76.5 cm³/mol. The molecule has 0 spiro atoms. The first-order valence-corrected chi connectivity index (χ1v) is 7.44. The number of benzene rings is 1. The molecular formula is C14H17NO3S. The summed E-state index contributed by atoms with van der Waals surface area (Å²) in [5.41, 5.74) is 1.25. The van der Waals surface area contributed by atoms with E-state index in [4.69, 9.17) is 5.11 Å². The molecule has 2 N–H and O–H groups in total. The SMILES string of the molecule is O=C(O)Cc1ccccc1NC(=O)C1CCCCS1. The zero-order valence-corrected chi connectivity index (χ0v) is 11.4. The fourth-order valence-electron chi connectivity index (χ4n) is 2.12. The van der Waals surface area contributed by atoms with E-state index in [2.05, 4.69) is 5.32 Å². The monoisotopic (exact) mass is 279 g/mol. The van der Waals surface area contributed by atoms with Crippen LogP contribution in [-0.4, -0.2) is 28.0 Å². The van der Waals surface area contributed by atoms with Gasteiger partial charge in [-0.1, -0.05) is 24.6 Å². The van der Waals surface area contributed by atoms with E-state index < -0.39 is 5.97 Å². The number of carboxylic acids is 1. The smallest absolute Gasteiger partial charge is 0.307 e. The number of carbonyl (C=O) groups is 2. The van der Waals surface area contributed by atoms with Crippen LogP contribution in [0.15, 0.2) is 24.3 Å². The fourth-order valence-corrected chi connectivity index (χ4v) is 3.32. The molecular weight excluding hydrogens is 262 g/mol. The van der Waals surface area contributed by atoms with Gasteiger partial charge in [0, 0.05) is 5.69 Å². The van der Waals surface area contributed by atoms with Gasteiger partial charge in [-0.3, -0.25) is 9.59 Å². The van der Waals surface area contributed by atoms with Gasteiger partial charge in [0.05, 0.1) is 11.7 Å². The van der Waals surface area contributed by atoms with Crippen LogP contribution in [0.3, 0.4) is 0 Å². The lowest BCUT2D eigenvalue weighted by molar-refractivity contribution is -0.136. The van der Waals surface area contributed by atoms with Crippen LogP contribution in [0.25, 0.3) is 0 Å². The molecule has 0 aromatic heterocycles. The molecule has 19 heavy (non-hydrogen) atoms. The van der Waals surface area contributed by atoms with Crippen molar-refractivity contribution in [2.45, 2.75) is 30.9 Å². The minimum absolute atomic E-state index is 0.00775. The van der Waals surface area contributed by atoms with Gasteiger partial charge in [0.15, 0.2) is 0 Å². The summed E-state index contributed by atoms with van der Waals surface area (Å²) in [5.74, 6) is 0.116. The van der Waals surface area contributed by atoms with Crippen molar-refractivity contribution < 1.29 is 14.7 Å². The quantitative estimate of drug-likeness (QED) is 0.889. The molecule has 1 aliphatic heterocycles. The number of hydrogen-bond acceptors (Lipinski definition) is 3. The Kier molecular flexibility index (Phi) is 4.85. The zero-order chi connectivity index (χ0) is 13.7. The van der Waals surface area contributed by atoms with Crippen LogP contribution in [0.2, 0.25) is 0 Å². The third kappa shape index (κ3) is 3.99. The summed E-state index contributed by atoms with van der Waals surface area (Å²) in [6.45, 7) is 0. The Hall–Kier alpha value is -1.49. The molecule has 0 radical (unpaired) electrons. The molecule has 1 fully saturated rings. The Labute approximate surface area is 116 Å². The number of amides is 1. The minimum Gasteiger partial charge on any atom is -0.481 e. The average molecular weight is 279 g/mol. The van der Waals surface area contributed by atoms with Crippen LogP contribution in [0, 0.1) is 0 Å². The topological polar surface area (TPSA) is 66.4 Å². The number of anilines is 1. The predicted octanol–water partition coefficient (Wildman–Crippen LogP) is 2.54. The van der Waals surface area contributed by atoms with E-state index >= 15 is 0 Å². The highest BCUT2D eigenvalue weighted by molar-refractivity contribution is 8.00. The fraction of sp³-hybridized carbons (Fsp3) is 0.429. The Morgan fingerprint density at radius 2 is 2.11 bits per heavy atom. The van der Waals surface area contributed by atoms with E-state index in [-0.39, 0.29) is 17.6 Å². The second-order valence-corrected chi connectivity index (χ2v) is 5.88. The van der Waals surface area contributed by atoms with Gasteiger partial charge in [-0.05, 0) is 30.2 Å². The van der Waals surface area contributed by atoms with Gasteiger partial charge in [0.25, 0.3) is 0 Å². The van der Waals surface area contributed by atoms with E-state index in [1.807, 2.05) is 0 Å². The zero-order valence-electron chi connectivity index (χ0n) is 10.6. The van der Waals surface area contributed by atoms with Crippen LogP contribution in [0.1, 0.15) is 24.8 Å². The van der Waals surface area contributed by atoms with Gasteiger partial charge in [-0.2, -0.15) is 0 Å². The van der Waals surface area contributed by atoms with Crippen molar-refractivity contribution in [3.8, 4) is 0 Å². The van der Waals surface area contributed by atoms with E-state index in [1.54, 1.807) is 36.0 Å². The normalized spacial score (nSPS) is 18.8. The molecule has 5 heteroatoms. The average Bonchev–Trinajstić information content (AvgIpc) is 2.41. The van der Waals surface area contributed by atoms with Crippen molar-refractivity contribution in [1.29, 1.82) is 0 Å². The Bertz CT molecular complexity index is 470. The third-order valence-electron chi connectivity index (χ3n) is 3.09. The number of aliphatic carboxylic acids is 1. The summed E-state index contributed by atoms with van der Waals surface area (Å²) in [7, 11) is 0. The molecule has 1 aliphatic rings. The van der Waals surface area contributed by atoms with Gasteiger partial charge >= 0.3 is 5.97 Å². The van der Waals surface area contributed by atoms with Crippen molar-refractivity contribution in [2.75, 3.05) is 11.1 Å². The van der Waals surface area contributed by atoms with Gasteiger partial charge < -0.3 is 10.4 Å². The van der Waals surface area contributed by atoms with E-state index in [0.29, 0.717) is 11.3 Å². The summed E-state index contributed by atoms with van der Waals surface area (Å²) in [6, 6.07) is 7.07. The van der Waals surface area contributed by atoms with Crippen molar-refractivity contribution in [3.05, 3.63) is 29.8 Å². The standard InChI is InChI=1S/C14H17NO3S/c16-13(17)9-10-5-1-2-6-11(10)15-14(18)12-7-3-4-8-19-12/h1-2,5-6,12H,3-4,7-9H2,(H,15,18)(H,16,17). The molecule has 0 aliphatic carbocycles. The maximum atomic E-state index is 12.1. The number of rotatable bonds is 4. The first-order chi connectivity index (χ1) is 9.16. The lowest BCUT2D eigenvalue weighted by Crippen LogP contribution is -2.28. The summed E-state index contributed by atoms with van der Waals surface area (Å²) < 4.78 is 0. The molecule has 2 rings (SSSR count). The molecule has 102 valence electrons. The number of para-hydroxylation sites is 1. The van der Waals surface area contributed by atoms with Crippen LogP contribution in [-0.2, 0) is 16.0 Å². The van der Waals surface area contributed by atoms with Gasteiger partial charge in [-0.15, -0.1) is 11.8 Å². The second kappa shape index (κ2) is 6.61. The Morgan fingerprint density at radius 3 is 2.79 bits per heavy atom. The van der Waals surface area contributed by atoms with Gasteiger partial charge in [0.1, 0.15) is 0 Å². The molecule has 1 amide bonds. The summed E-state index contributed by atoms with van der Waals surface area (Å²) in [5, 5.41) is 11.7. The highest BCUT2D eigenvalue weighted by atomic mass is 32.2. The lowest BCUT2D eigenvalue weighted by atomic mass is 10.1. The molecule has 0 bridgehead atoms. The highest BCUT2D eigenvalue weighted by Crippen LogP contribution is 2.26. The van der Waals surface area contributed by atoms with Crippen molar-refractivity contribution in [2.24, 2.45) is 0 Å². The molecule has 4 nitrogen and oxygen atoms in total. The van der Waals surface area contributed by atoms with Crippen molar-refractivity contribution in [3.63, 3.8) is 0 Å². The van der Waals surface area contributed by atoms with Crippen molar-refractivity contribution >= 4 is 29.3 Å². The van der Waals surface area contributed by atoms with E-state index in [1.165, 1.54) is 6.42 Å². The number of nitrogens with one attached hydrogen (secondary N) is 1. The Balaban J connectivity index is 2.05. The van der Waals surface area contributed by atoms with E-state index in [0.717, 1.165) is 18.6 Å². The maximum absolute atomic E-state index is 12.1. The number of carbonyl (C=O) groups excluding carboxylic acids is 1. The molecule has 1 aromatic rings. The maximum Gasteiger partial charge on any atom is 0.307 e. The first kappa shape index (κ1) is 13.9. The summed E-state index contributed by atoms with van der Waals surface area (Å²) in [4.78, 5) is 22.9. The number of hydrogen-bond donors (Lipinski definition) is 2. The van der Waals surface area contributed by atoms with Gasteiger partial charge in [0.2, 0.25) is 5.91 Å². The summed E-state index contributed by atoms with van der Waals surface area (Å²) in [6.07, 6.45) is 3.08. The van der Waals surface area contributed by atoms with Gasteiger partial charge in [-0.25, -0.2) is 0 Å². The minimum atomic E-state index is -0.895. The number of thioether (sulfide) groups is 1. The molecule has 1 aromatic carbocycles. The lowest BCUT2D eigenvalue weighted by Gasteiger charge is -2.21. The van der Waals surface area contributed by atoms with Crippen LogP contribution >= 0.6 is 11.8 Å². The largest absolute Gasteiger partial charge is 0.481 e. The van der Waals surface area contributed by atoms with Crippen molar-refractivity contribution in [1.82, 2.24) is 0 Å². The molecule has 1 unspecified atom stereocenters. The molecule has 1 atom stereocenters. The van der Waals surface area contributed by atoms with Crippen LogP contribution < -0.4 is 5.32 Å². The third-order valence-corrected chi connectivity index (χ3v) is 4.47. The van der Waals surface area contributed by atoms with E-state index in [9.17, 15) is 9.59 Å². The highest BCUT2D eigenvalue weighted by Gasteiger charge is 2.22. The first-order valence-electron chi connectivity index (χ1n) is 6.39. The van der Waals surface area contributed by atoms with Crippen LogP contribution in [0.5, 0.6) is 0 Å². The van der Waals surface area contributed by atoms with Crippen LogP contribution in [0.4, 0.5) is 5.69 Å². The summed E-state index contributed by atoms with van der Waals surface area (Å²) >= 11 is 1.68.